The maximum absolute atomic E-state index is 9.39. The van der Waals surface area contributed by atoms with Gasteiger partial charge in [0, 0.05) is 18.0 Å². The lowest BCUT2D eigenvalue weighted by Gasteiger charge is -2.36. The smallest absolute Gasteiger partial charge is 0.0672 e. The molecule has 0 radical (unpaired) electrons. The molecule has 4 N–H and O–H groups in total. The predicted octanol–water partition coefficient (Wildman–Crippen LogP) is 2.28. The van der Waals surface area contributed by atoms with Gasteiger partial charge in [0.05, 0.1) is 29.7 Å². The summed E-state index contributed by atoms with van der Waals surface area (Å²) >= 11 is 0. The molecule has 1 aromatic heterocycles. The number of H-pyrrole nitrogens is 1. The largest absolute Gasteiger partial charge is 0.397 e. The fourth-order valence-corrected chi connectivity index (χ4v) is 3.25. The minimum absolute atomic E-state index is 0.150. The Morgan fingerprint density at radius 3 is 2.85 bits per heavy atom. The van der Waals surface area contributed by atoms with E-state index in [0.29, 0.717) is 12.6 Å². The molecule has 1 aromatic carbocycles. The summed E-state index contributed by atoms with van der Waals surface area (Å²) in [5.74, 6) is 0. The molecule has 20 heavy (non-hydrogen) atoms. The second-order valence-electron chi connectivity index (χ2n) is 5.58. The molecule has 0 aliphatic heterocycles. The van der Waals surface area contributed by atoms with E-state index in [2.05, 4.69) is 21.2 Å². The van der Waals surface area contributed by atoms with Crippen molar-refractivity contribution in [2.45, 2.75) is 38.1 Å². The zero-order valence-corrected chi connectivity index (χ0v) is 11.7. The first kappa shape index (κ1) is 13.2. The van der Waals surface area contributed by atoms with Crippen molar-refractivity contribution in [1.29, 1.82) is 0 Å². The number of aromatic amines is 1. The molecule has 1 aliphatic carbocycles. The molecular weight excluding hydrogens is 252 g/mol. The highest BCUT2D eigenvalue weighted by Gasteiger charge is 2.23. The van der Waals surface area contributed by atoms with E-state index < -0.39 is 0 Å². The molecule has 3 rings (SSSR count). The minimum atomic E-state index is 0.150. The summed E-state index contributed by atoms with van der Waals surface area (Å²) in [7, 11) is 0. The van der Waals surface area contributed by atoms with Crippen molar-refractivity contribution in [1.82, 2.24) is 10.2 Å². The molecule has 0 unspecified atom stereocenters. The van der Waals surface area contributed by atoms with Gasteiger partial charge >= 0.3 is 0 Å². The Morgan fingerprint density at radius 2 is 2.10 bits per heavy atom. The van der Waals surface area contributed by atoms with Crippen LogP contribution in [0, 0.1) is 0 Å². The summed E-state index contributed by atoms with van der Waals surface area (Å²) in [6.45, 7) is 0.783. The number of nitrogens with zero attached hydrogens (tertiary/aromatic N) is 2. The Kier molecular flexibility index (Phi) is 3.78. The first-order valence-corrected chi connectivity index (χ1v) is 7.39. The van der Waals surface area contributed by atoms with Gasteiger partial charge in [0.25, 0.3) is 0 Å². The first-order valence-electron chi connectivity index (χ1n) is 7.39. The third-order valence-electron chi connectivity index (χ3n) is 4.25. The Balaban J connectivity index is 1.96. The summed E-state index contributed by atoms with van der Waals surface area (Å²) in [4.78, 5) is 2.27. The maximum Gasteiger partial charge on any atom is 0.0672 e. The summed E-state index contributed by atoms with van der Waals surface area (Å²) in [6, 6.07) is 4.50. The van der Waals surface area contributed by atoms with Crippen LogP contribution in [0.4, 0.5) is 11.4 Å². The second kappa shape index (κ2) is 5.71. The molecule has 2 aromatic rings. The Labute approximate surface area is 118 Å². The quantitative estimate of drug-likeness (QED) is 0.747. The molecule has 1 saturated carbocycles. The predicted molar refractivity (Wildman–Crippen MR) is 81.8 cm³/mol. The molecular formula is C15H22N4O. The zero-order chi connectivity index (χ0) is 13.9. The van der Waals surface area contributed by atoms with Crippen LogP contribution in [-0.2, 0) is 0 Å². The topological polar surface area (TPSA) is 78.2 Å². The van der Waals surface area contributed by atoms with Gasteiger partial charge in [0.2, 0.25) is 0 Å². The highest BCUT2D eigenvalue weighted by molar-refractivity contribution is 5.89. The number of nitrogens with one attached hydrogen (secondary N) is 1. The van der Waals surface area contributed by atoms with Crippen LogP contribution in [0.15, 0.2) is 18.3 Å². The first-order chi connectivity index (χ1) is 9.79. The molecule has 0 amide bonds. The van der Waals surface area contributed by atoms with Gasteiger partial charge in [-0.15, -0.1) is 0 Å². The van der Waals surface area contributed by atoms with Crippen LogP contribution in [-0.4, -0.2) is 34.5 Å². The van der Waals surface area contributed by atoms with E-state index in [9.17, 15) is 5.11 Å². The summed E-state index contributed by atoms with van der Waals surface area (Å²) in [5, 5.41) is 17.5. The number of hydrogen-bond acceptors (Lipinski definition) is 4. The number of nitrogens with two attached hydrogens (primary N) is 1. The van der Waals surface area contributed by atoms with E-state index in [-0.39, 0.29) is 6.61 Å². The molecule has 5 heteroatoms. The van der Waals surface area contributed by atoms with Gasteiger partial charge in [-0.25, -0.2) is 0 Å². The molecule has 108 valence electrons. The fraction of sp³-hybridized carbons (Fsp3) is 0.533. The van der Waals surface area contributed by atoms with E-state index in [1.54, 1.807) is 6.20 Å². The van der Waals surface area contributed by atoms with Gasteiger partial charge in [-0.05, 0) is 25.0 Å². The van der Waals surface area contributed by atoms with Crippen LogP contribution in [0.3, 0.4) is 0 Å². The van der Waals surface area contributed by atoms with E-state index >= 15 is 0 Å². The zero-order valence-electron chi connectivity index (χ0n) is 11.7. The number of hydrogen-bond donors (Lipinski definition) is 3. The van der Waals surface area contributed by atoms with Crippen molar-refractivity contribution in [3.05, 3.63) is 18.3 Å². The summed E-state index contributed by atoms with van der Waals surface area (Å²) < 4.78 is 0. The van der Waals surface area contributed by atoms with Gasteiger partial charge in [-0.3, -0.25) is 5.10 Å². The van der Waals surface area contributed by atoms with Crippen molar-refractivity contribution in [2.75, 3.05) is 23.8 Å². The van der Waals surface area contributed by atoms with Crippen molar-refractivity contribution in [3.8, 4) is 0 Å². The van der Waals surface area contributed by atoms with Crippen molar-refractivity contribution in [2.24, 2.45) is 0 Å². The lowest BCUT2D eigenvalue weighted by atomic mass is 9.93. The van der Waals surface area contributed by atoms with Crippen LogP contribution in [0.2, 0.25) is 0 Å². The summed E-state index contributed by atoms with van der Waals surface area (Å²) in [6.07, 6.45) is 7.99. The molecule has 1 fully saturated rings. The molecule has 5 nitrogen and oxygen atoms in total. The molecule has 1 aliphatic rings. The van der Waals surface area contributed by atoms with Gasteiger partial charge < -0.3 is 15.7 Å². The van der Waals surface area contributed by atoms with Crippen LogP contribution in [0.5, 0.6) is 0 Å². The lowest BCUT2D eigenvalue weighted by molar-refractivity contribution is 0.290. The average molecular weight is 274 g/mol. The fourth-order valence-electron chi connectivity index (χ4n) is 3.25. The Bertz CT molecular complexity index is 574. The number of aliphatic hydroxyl groups is 1. The SMILES string of the molecule is Nc1cc2cn[nH]c2cc1N(CCO)C1CCCCC1. The van der Waals surface area contributed by atoms with Crippen LogP contribution in [0.25, 0.3) is 10.9 Å². The number of fused-ring (bicyclic) bond motifs is 1. The monoisotopic (exact) mass is 274 g/mol. The van der Waals surface area contributed by atoms with Crippen molar-refractivity contribution >= 4 is 22.3 Å². The average Bonchev–Trinajstić information content (AvgIpc) is 2.92. The molecule has 0 saturated heterocycles. The van der Waals surface area contributed by atoms with Crippen LogP contribution in [0.1, 0.15) is 32.1 Å². The second-order valence-corrected chi connectivity index (χ2v) is 5.58. The van der Waals surface area contributed by atoms with E-state index in [1.807, 2.05) is 6.07 Å². The standard InChI is InChI=1S/C15H22N4O/c16-13-8-11-10-17-18-14(11)9-15(13)19(6-7-20)12-4-2-1-3-5-12/h8-10,12,20H,1-7,16H2,(H,17,18). The number of benzene rings is 1. The van der Waals surface area contributed by atoms with Crippen LogP contribution < -0.4 is 10.6 Å². The molecule has 0 bridgehead atoms. The van der Waals surface area contributed by atoms with E-state index in [1.165, 1.54) is 32.1 Å². The third kappa shape index (κ3) is 2.45. The summed E-state index contributed by atoms with van der Waals surface area (Å²) in [5.41, 5.74) is 8.99. The van der Waals surface area contributed by atoms with Gasteiger partial charge in [-0.2, -0.15) is 5.10 Å². The van der Waals surface area contributed by atoms with Gasteiger partial charge in [0.1, 0.15) is 0 Å². The minimum Gasteiger partial charge on any atom is -0.397 e. The number of anilines is 2. The lowest BCUT2D eigenvalue weighted by Crippen LogP contribution is -2.39. The van der Waals surface area contributed by atoms with Crippen LogP contribution >= 0.6 is 0 Å². The molecule has 0 atom stereocenters. The van der Waals surface area contributed by atoms with Crippen molar-refractivity contribution < 1.29 is 5.11 Å². The Morgan fingerprint density at radius 1 is 1.30 bits per heavy atom. The van der Waals surface area contributed by atoms with E-state index in [0.717, 1.165) is 22.3 Å². The number of rotatable bonds is 4. The molecule has 1 heterocycles. The highest BCUT2D eigenvalue weighted by atomic mass is 16.3. The maximum atomic E-state index is 9.39. The molecule has 0 spiro atoms. The van der Waals surface area contributed by atoms with Gasteiger partial charge in [-0.1, -0.05) is 19.3 Å². The normalized spacial score (nSPS) is 16.6. The Hall–Kier alpha value is -1.75. The van der Waals surface area contributed by atoms with Gasteiger partial charge in [0.15, 0.2) is 0 Å². The highest BCUT2D eigenvalue weighted by Crippen LogP contribution is 2.33. The van der Waals surface area contributed by atoms with E-state index in [4.69, 9.17) is 5.73 Å². The number of nitrogen functional groups attached to an aromatic ring is 1. The number of aliphatic hydroxyl groups excluding tert-OH is 1. The van der Waals surface area contributed by atoms with Crippen molar-refractivity contribution in [3.63, 3.8) is 0 Å². The number of aromatic nitrogens is 2. The third-order valence-corrected chi connectivity index (χ3v) is 4.25.